The molecule has 0 aliphatic carbocycles. The van der Waals surface area contributed by atoms with Crippen LogP contribution in [0.4, 0.5) is 0 Å². The molecule has 2 rings (SSSR count). The first kappa shape index (κ1) is 14.2. The molecule has 18 heavy (non-hydrogen) atoms. The highest BCUT2D eigenvalue weighted by Gasteiger charge is 2.31. The van der Waals surface area contributed by atoms with Crippen LogP contribution in [-0.4, -0.2) is 56.5 Å². The molecule has 6 heteroatoms. The van der Waals surface area contributed by atoms with Crippen LogP contribution in [0.1, 0.15) is 25.7 Å². The maximum absolute atomic E-state index is 11.5. The molecule has 3 atom stereocenters. The van der Waals surface area contributed by atoms with Crippen molar-refractivity contribution in [2.24, 2.45) is 11.8 Å². The lowest BCUT2D eigenvalue weighted by Crippen LogP contribution is -2.41. The quantitative estimate of drug-likeness (QED) is 0.813. The number of ether oxygens (including phenoxy) is 1. The lowest BCUT2D eigenvalue weighted by molar-refractivity contribution is -0.0456. The van der Waals surface area contributed by atoms with Gasteiger partial charge in [-0.2, -0.15) is 0 Å². The summed E-state index contributed by atoms with van der Waals surface area (Å²) < 4.78 is 30.0. The van der Waals surface area contributed by atoms with Crippen molar-refractivity contribution in [3.63, 3.8) is 0 Å². The minimum Gasteiger partial charge on any atom is -0.393 e. The second-order valence-corrected chi connectivity index (χ2v) is 7.54. The summed E-state index contributed by atoms with van der Waals surface area (Å²) >= 11 is 0. The van der Waals surface area contributed by atoms with Gasteiger partial charge in [-0.3, -0.25) is 0 Å². The molecule has 0 aromatic heterocycles. The fourth-order valence-electron chi connectivity index (χ4n) is 2.96. The number of hydrogen-bond acceptors (Lipinski definition) is 4. The number of aliphatic hydroxyl groups is 1. The second kappa shape index (κ2) is 5.86. The van der Waals surface area contributed by atoms with E-state index in [2.05, 4.69) is 0 Å². The molecular weight excluding hydrogens is 254 g/mol. The fourth-order valence-corrected chi connectivity index (χ4v) is 3.90. The zero-order valence-electron chi connectivity index (χ0n) is 10.9. The summed E-state index contributed by atoms with van der Waals surface area (Å²) in [5.41, 5.74) is 0. The molecule has 0 spiro atoms. The first-order valence-corrected chi connectivity index (χ1v) is 8.52. The van der Waals surface area contributed by atoms with Crippen LogP contribution in [0.15, 0.2) is 0 Å². The van der Waals surface area contributed by atoms with Gasteiger partial charge in [-0.05, 0) is 31.6 Å². The van der Waals surface area contributed by atoms with E-state index in [1.165, 1.54) is 6.26 Å². The van der Waals surface area contributed by atoms with Crippen LogP contribution in [0.3, 0.4) is 0 Å². The number of hydrogen-bond donors (Lipinski definition) is 1. The third-order valence-electron chi connectivity index (χ3n) is 4.02. The summed E-state index contributed by atoms with van der Waals surface area (Å²) in [5, 5.41) is 9.91. The molecular formula is C12H23NO4S. The molecule has 0 aromatic carbocycles. The first-order chi connectivity index (χ1) is 8.47. The van der Waals surface area contributed by atoms with Gasteiger partial charge < -0.3 is 9.84 Å². The van der Waals surface area contributed by atoms with Gasteiger partial charge in [0.25, 0.3) is 0 Å². The molecule has 0 saturated carbocycles. The van der Waals surface area contributed by atoms with Gasteiger partial charge >= 0.3 is 0 Å². The Kier molecular flexibility index (Phi) is 4.64. The van der Waals surface area contributed by atoms with Crippen LogP contribution in [-0.2, 0) is 14.8 Å². The van der Waals surface area contributed by atoms with E-state index in [0.29, 0.717) is 38.6 Å². The van der Waals surface area contributed by atoms with E-state index >= 15 is 0 Å². The molecule has 2 aliphatic rings. The molecule has 0 bridgehead atoms. The zero-order chi connectivity index (χ0) is 13.2. The largest absolute Gasteiger partial charge is 0.393 e. The lowest BCUT2D eigenvalue weighted by Gasteiger charge is -2.35. The highest BCUT2D eigenvalue weighted by Crippen LogP contribution is 2.28. The van der Waals surface area contributed by atoms with Crippen LogP contribution in [0.5, 0.6) is 0 Å². The highest BCUT2D eigenvalue weighted by atomic mass is 32.2. The Labute approximate surface area is 109 Å². The number of piperidine rings is 1. The van der Waals surface area contributed by atoms with Gasteiger partial charge in [0.15, 0.2) is 0 Å². The molecule has 0 amide bonds. The third kappa shape index (κ3) is 3.66. The molecule has 1 N–H and O–H groups in total. The Morgan fingerprint density at radius 1 is 1.39 bits per heavy atom. The molecule has 5 nitrogen and oxygen atoms in total. The van der Waals surface area contributed by atoms with Gasteiger partial charge in [0.05, 0.1) is 19.0 Å². The SMILES string of the molecule is CS(=O)(=O)N1CCCC(CC2COCCC2O)C1. The fraction of sp³-hybridized carbons (Fsp3) is 1.00. The van der Waals surface area contributed by atoms with Gasteiger partial charge in [0.2, 0.25) is 10.0 Å². The van der Waals surface area contributed by atoms with Crippen LogP contribution in [0.2, 0.25) is 0 Å². The van der Waals surface area contributed by atoms with Gasteiger partial charge in [0, 0.05) is 25.6 Å². The smallest absolute Gasteiger partial charge is 0.211 e. The molecule has 0 aromatic rings. The predicted octanol–water partition coefficient (Wildman–Crippen LogP) is 0.446. The van der Waals surface area contributed by atoms with E-state index in [4.69, 9.17) is 4.74 Å². The maximum atomic E-state index is 11.5. The van der Waals surface area contributed by atoms with E-state index < -0.39 is 10.0 Å². The van der Waals surface area contributed by atoms with Gasteiger partial charge in [-0.1, -0.05) is 0 Å². The van der Waals surface area contributed by atoms with Crippen molar-refractivity contribution < 1.29 is 18.3 Å². The van der Waals surface area contributed by atoms with Crippen LogP contribution in [0, 0.1) is 11.8 Å². The Morgan fingerprint density at radius 3 is 2.83 bits per heavy atom. The van der Waals surface area contributed by atoms with Crippen molar-refractivity contribution in [3.05, 3.63) is 0 Å². The third-order valence-corrected chi connectivity index (χ3v) is 5.29. The number of aliphatic hydroxyl groups excluding tert-OH is 1. The van der Waals surface area contributed by atoms with E-state index in [0.717, 1.165) is 19.3 Å². The molecule has 106 valence electrons. The molecule has 3 unspecified atom stereocenters. The number of sulfonamides is 1. The van der Waals surface area contributed by atoms with E-state index in [-0.39, 0.29) is 12.0 Å². The van der Waals surface area contributed by atoms with E-state index in [1.54, 1.807) is 4.31 Å². The van der Waals surface area contributed by atoms with Crippen molar-refractivity contribution in [1.29, 1.82) is 0 Å². The van der Waals surface area contributed by atoms with E-state index in [9.17, 15) is 13.5 Å². The minimum atomic E-state index is -3.07. The summed E-state index contributed by atoms with van der Waals surface area (Å²) in [7, 11) is -3.07. The van der Waals surface area contributed by atoms with Crippen molar-refractivity contribution in [2.75, 3.05) is 32.6 Å². The number of rotatable bonds is 3. The van der Waals surface area contributed by atoms with Crippen molar-refractivity contribution in [2.45, 2.75) is 31.8 Å². The lowest BCUT2D eigenvalue weighted by atomic mass is 9.85. The van der Waals surface area contributed by atoms with Crippen molar-refractivity contribution >= 4 is 10.0 Å². The molecule has 2 fully saturated rings. The molecule has 0 radical (unpaired) electrons. The Balaban J connectivity index is 1.89. The average Bonchev–Trinajstić information content (AvgIpc) is 2.31. The summed E-state index contributed by atoms with van der Waals surface area (Å²) in [4.78, 5) is 0. The summed E-state index contributed by atoms with van der Waals surface area (Å²) in [6.45, 7) is 2.48. The predicted molar refractivity (Wildman–Crippen MR) is 68.7 cm³/mol. The maximum Gasteiger partial charge on any atom is 0.211 e. The minimum absolute atomic E-state index is 0.170. The first-order valence-electron chi connectivity index (χ1n) is 6.67. The Hall–Kier alpha value is -0.170. The van der Waals surface area contributed by atoms with Crippen LogP contribution in [0.25, 0.3) is 0 Å². The monoisotopic (exact) mass is 277 g/mol. The van der Waals surface area contributed by atoms with Crippen molar-refractivity contribution in [3.8, 4) is 0 Å². The second-order valence-electron chi connectivity index (χ2n) is 5.56. The Morgan fingerprint density at radius 2 is 2.17 bits per heavy atom. The van der Waals surface area contributed by atoms with Gasteiger partial charge in [0.1, 0.15) is 0 Å². The molecule has 2 aliphatic heterocycles. The van der Waals surface area contributed by atoms with Crippen LogP contribution < -0.4 is 0 Å². The van der Waals surface area contributed by atoms with Gasteiger partial charge in [-0.25, -0.2) is 12.7 Å². The summed E-state index contributed by atoms with van der Waals surface area (Å²) in [6, 6.07) is 0. The summed E-state index contributed by atoms with van der Waals surface area (Å²) in [5.74, 6) is 0.526. The highest BCUT2D eigenvalue weighted by molar-refractivity contribution is 7.88. The molecule has 2 saturated heterocycles. The topological polar surface area (TPSA) is 66.8 Å². The number of nitrogens with zero attached hydrogens (tertiary/aromatic N) is 1. The standard InChI is InChI=1S/C12H23NO4S/c1-18(15,16)13-5-2-3-10(8-13)7-11-9-17-6-4-12(11)14/h10-12,14H,2-9H2,1H3. The van der Waals surface area contributed by atoms with Gasteiger partial charge in [-0.15, -0.1) is 0 Å². The average molecular weight is 277 g/mol. The zero-order valence-corrected chi connectivity index (χ0v) is 11.7. The van der Waals surface area contributed by atoms with E-state index in [1.807, 2.05) is 0 Å². The Bertz CT molecular complexity index is 370. The molecule has 2 heterocycles. The van der Waals surface area contributed by atoms with Crippen molar-refractivity contribution in [1.82, 2.24) is 4.31 Å². The summed E-state index contributed by atoms with van der Waals surface area (Å²) in [6.07, 6.45) is 4.53. The normalized spacial score (nSPS) is 35.6. The van der Waals surface area contributed by atoms with Crippen LogP contribution >= 0.6 is 0 Å².